The van der Waals surface area contributed by atoms with Crippen molar-refractivity contribution in [2.45, 2.75) is 12.8 Å². The fourth-order valence-corrected chi connectivity index (χ4v) is 1.31. The highest BCUT2D eigenvalue weighted by atomic mass is 35.5. The molecule has 0 atom stereocenters. The topological polar surface area (TPSA) is 66.9 Å². The molecular formula is C9H7ClN2O2. The molecular weight excluding hydrogens is 204 g/mol. The van der Waals surface area contributed by atoms with E-state index in [2.05, 4.69) is 0 Å². The first-order valence-corrected chi connectivity index (χ1v) is 4.32. The van der Waals surface area contributed by atoms with Crippen LogP contribution in [0.15, 0.2) is 18.2 Å². The average molecular weight is 211 g/mol. The van der Waals surface area contributed by atoms with Gasteiger partial charge in [0.2, 0.25) is 0 Å². The molecule has 14 heavy (non-hydrogen) atoms. The van der Waals surface area contributed by atoms with Crippen LogP contribution in [-0.2, 0) is 6.42 Å². The number of nitro benzene ring substituents is 1. The molecule has 0 aliphatic carbocycles. The summed E-state index contributed by atoms with van der Waals surface area (Å²) in [5, 5.41) is 19.1. The molecule has 1 aromatic rings. The second kappa shape index (κ2) is 4.58. The zero-order valence-electron chi connectivity index (χ0n) is 7.24. The van der Waals surface area contributed by atoms with Crippen molar-refractivity contribution in [2.75, 3.05) is 0 Å². The molecule has 0 radical (unpaired) electrons. The quantitative estimate of drug-likeness (QED) is 0.569. The van der Waals surface area contributed by atoms with Crippen molar-refractivity contribution in [3.8, 4) is 6.07 Å². The van der Waals surface area contributed by atoms with E-state index >= 15 is 0 Å². The van der Waals surface area contributed by atoms with Crippen LogP contribution in [0, 0.1) is 21.4 Å². The van der Waals surface area contributed by atoms with E-state index in [0.29, 0.717) is 17.9 Å². The molecule has 0 fully saturated rings. The van der Waals surface area contributed by atoms with Crippen molar-refractivity contribution < 1.29 is 4.92 Å². The van der Waals surface area contributed by atoms with Gasteiger partial charge in [-0.15, -0.1) is 0 Å². The molecule has 0 bridgehead atoms. The number of benzene rings is 1. The van der Waals surface area contributed by atoms with E-state index < -0.39 is 4.92 Å². The highest BCUT2D eigenvalue weighted by Crippen LogP contribution is 2.23. The van der Waals surface area contributed by atoms with Crippen LogP contribution in [0.5, 0.6) is 0 Å². The lowest BCUT2D eigenvalue weighted by Crippen LogP contribution is -1.90. The number of hydrogen-bond donors (Lipinski definition) is 0. The van der Waals surface area contributed by atoms with Gasteiger partial charge in [-0.1, -0.05) is 17.7 Å². The summed E-state index contributed by atoms with van der Waals surface area (Å²) in [5.74, 6) is 0. The molecule has 0 saturated carbocycles. The Labute approximate surface area is 85.9 Å². The number of aryl methyl sites for hydroxylation is 1. The normalized spacial score (nSPS) is 9.43. The minimum atomic E-state index is -0.500. The van der Waals surface area contributed by atoms with E-state index in [0.717, 1.165) is 5.56 Å². The van der Waals surface area contributed by atoms with Crippen LogP contribution in [0.2, 0.25) is 5.02 Å². The van der Waals surface area contributed by atoms with Crippen LogP contribution in [0.3, 0.4) is 0 Å². The molecule has 0 aliphatic heterocycles. The highest BCUT2D eigenvalue weighted by molar-refractivity contribution is 6.31. The Morgan fingerprint density at radius 1 is 1.57 bits per heavy atom. The van der Waals surface area contributed by atoms with Crippen molar-refractivity contribution in [2.24, 2.45) is 0 Å². The molecule has 5 heteroatoms. The maximum absolute atomic E-state index is 10.4. The summed E-state index contributed by atoms with van der Waals surface area (Å²) in [4.78, 5) is 9.87. The second-order valence-corrected chi connectivity index (χ2v) is 3.10. The van der Waals surface area contributed by atoms with Crippen LogP contribution < -0.4 is 0 Å². The lowest BCUT2D eigenvalue weighted by molar-refractivity contribution is -0.384. The maximum atomic E-state index is 10.4. The number of hydrogen-bond acceptors (Lipinski definition) is 3. The lowest BCUT2D eigenvalue weighted by Gasteiger charge is -2.00. The molecule has 1 aromatic carbocycles. The third-order valence-electron chi connectivity index (χ3n) is 1.75. The van der Waals surface area contributed by atoms with Gasteiger partial charge in [0, 0.05) is 18.6 Å². The first kappa shape index (κ1) is 10.5. The van der Waals surface area contributed by atoms with Gasteiger partial charge in [-0.2, -0.15) is 5.26 Å². The monoisotopic (exact) mass is 210 g/mol. The summed E-state index contributed by atoms with van der Waals surface area (Å²) in [5.41, 5.74) is 0.731. The van der Waals surface area contributed by atoms with Crippen LogP contribution in [-0.4, -0.2) is 4.92 Å². The van der Waals surface area contributed by atoms with Gasteiger partial charge in [0.15, 0.2) is 0 Å². The van der Waals surface area contributed by atoms with Gasteiger partial charge < -0.3 is 0 Å². The lowest BCUT2D eigenvalue weighted by atomic mass is 10.1. The van der Waals surface area contributed by atoms with Crippen molar-refractivity contribution in [1.82, 2.24) is 0 Å². The molecule has 0 aliphatic rings. The Morgan fingerprint density at radius 3 is 2.79 bits per heavy atom. The van der Waals surface area contributed by atoms with E-state index in [-0.39, 0.29) is 5.69 Å². The Balaban J connectivity index is 2.91. The summed E-state index contributed by atoms with van der Waals surface area (Å²) in [6.45, 7) is 0. The molecule has 0 N–H and O–H groups in total. The first-order chi connectivity index (χ1) is 6.65. The Kier molecular flexibility index (Phi) is 3.43. The van der Waals surface area contributed by atoms with E-state index in [9.17, 15) is 10.1 Å². The van der Waals surface area contributed by atoms with Gasteiger partial charge in [0.1, 0.15) is 0 Å². The molecule has 0 heterocycles. The van der Waals surface area contributed by atoms with Crippen molar-refractivity contribution in [1.29, 1.82) is 5.26 Å². The van der Waals surface area contributed by atoms with Gasteiger partial charge in [-0.25, -0.2) is 0 Å². The van der Waals surface area contributed by atoms with Crippen LogP contribution >= 0.6 is 11.6 Å². The van der Waals surface area contributed by atoms with Crippen molar-refractivity contribution in [3.63, 3.8) is 0 Å². The number of non-ortho nitro benzene ring substituents is 1. The van der Waals surface area contributed by atoms with Crippen molar-refractivity contribution >= 4 is 17.3 Å². The fourth-order valence-electron chi connectivity index (χ4n) is 1.04. The Bertz CT molecular complexity index is 398. The number of halogens is 1. The van der Waals surface area contributed by atoms with E-state index in [1.165, 1.54) is 12.1 Å². The fraction of sp³-hybridized carbons (Fsp3) is 0.222. The van der Waals surface area contributed by atoms with Crippen LogP contribution in [0.1, 0.15) is 12.0 Å². The number of rotatable bonds is 3. The number of nitrogens with zero attached hydrogens (tertiary/aromatic N) is 2. The predicted molar refractivity (Wildman–Crippen MR) is 52.0 cm³/mol. The third kappa shape index (κ3) is 2.44. The van der Waals surface area contributed by atoms with Gasteiger partial charge in [-0.3, -0.25) is 10.1 Å². The van der Waals surface area contributed by atoms with E-state index in [1.807, 2.05) is 6.07 Å². The zero-order chi connectivity index (χ0) is 10.6. The molecule has 1 rings (SSSR count). The molecule has 72 valence electrons. The minimum Gasteiger partial charge on any atom is -0.258 e. The highest BCUT2D eigenvalue weighted by Gasteiger charge is 2.08. The van der Waals surface area contributed by atoms with Crippen LogP contribution in [0.25, 0.3) is 0 Å². The number of nitro groups is 1. The molecule has 0 aromatic heterocycles. The van der Waals surface area contributed by atoms with Gasteiger partial charge in [-0.05, 0) is 12.0 Å². The first-order valence-electron chi connectivity index (χ1n) is 3.95. The maximum Gasteiger partial charge on any atom is 0.270 e. The summed E-state index contributed by atoms with van der Waals surface area (Å²) in [6, 6.07) is 6.26. The smallest absolute Gasteiger partial charge is 0.258 e. The van der Waals surface area contributed by atoms with Crippen molar-refractivity contribution in [3.05, 3.63) is 38.9 Å². The Hall–Kier alpha value is -1.60. The third-order valence-corrected chi connectivity index (χ3v) is 2.11. The minimum absolute atomic E-state index is 0.0318. The van der Waals surface area contributed by atoms with E-state index in [4.69, 9.17) is 16.9 Å². The SMILES string of the molecule is N#CCCc1ccc([N+](=O)[O-])cc1Cl. The van der Waals surface area contributed by atoms with Gasteiger partial charge in [0.05, 0.1) is 16.0 Å². The summed E-state index contributed by atoms with van der Waals surface area (Å²) >= 11 is 5.80. The molecule has 0 spiro atoms. The predicted octanol–water partition coefficient (Wildman–Crippen LogP) is 2.70. The van der Waals surface area contributed by atoms with Crippen LogP contribution in [0.4, 0.5) is 5.69 Å². The summed E-state index contributed by atoms with van der Waals surface area (Å²) < 4.78 is 0. The summed E-state index contributed by atoms with van der Waals surface area (Å²) in [6.07, 6.45) is 0.880. The largest absolute Gasteiger partial charge is 0.270 e. The summed E-state index contributed by atoms with van der Waals surface area (Å²) in [7, 11) is 0. The van der Waals surface area contributed by atoms with Gasteiger partial charge in [0.25, 0.3) is 5.69 Å². The number of nitriles is 1. The molecule has 0 saturated heterocycles. The average Bonchev–Trinajstić information content (AvgIpc) is 2.15. The zero-order valence-corrected chi connectivity index (χ0v) is 7.99. The molecule has 0 unspecified atom stereocenters. The van der Waals surface area contributed by atoms with Gasteiger partial charge >= 0.3 is 0 Å². The Morgan fingerprint density at radius 2 is 2.29 bits per heavy atom. The van der Waals surface area contributed by atoms with E-state index in [1.54, 1.807) is 6.07 Å². The molecule has 0 amide bonds. The second-order valence-electron chi connectivity index (χ2n) is 2.69. The molecule has 4 nitrogen and oxygen atoms in total. The standard InChI is InChI=1S/C9H7ClN2O2/c10-9-6-8(12(13)14)4-3-7(9)2-1-5-11/h3-4,6H,1-2H2.